The molecule has 7 heteroatoms. The third-order valence-corrected chi connectivity index (χ3v) is 5.45. The van der Waals surface area contributed by atoms with Gasteiger partial charge < -0.3 is 28.6 Å². The number of ether oxygens (including phenoxy) is 5. The van der Waals surface area contributed by atoms with Crippen LogP contribution in [0.2, 0.25) is 0 Å². The van der Waals surface area contributed by atoms with Crippen LogP contribution < -0.4 is 23.7 Å². The number of amides is 1. The summed E-state index contributed by atoms with van der Waals surface area (Å²) in [4.78, 5) is 15.2. The molecule has 1 saturated heterocycles. The Labute approximate surface area is 177 Å². The van der Waals surface area contributed by atoms with E-state index in [-0.39, 0.29) is 18.4 Å². The Morgan fingerprint density at radius 2 is 1.57 bits per heavy atom. The highest BCUT2D eigenvalue weighted by molar-refractivity contribution is 5.80. The number of carbonyl (C=O) groups is 1. The van der Waals surface area contributed by atoms with Gasteiger partial charge in [-0.05, 0) is 48.7 Å². The van der Waals surface area contributed by atoms with Crippen LogP contribution in [-0.2, 0) is 11.2 Å². The van der Waals surface area contributed by atoms with Gasteiger partial charge in [-0.25, -0.2) is 0 Å². The summed E-state index contributed by atoms with van der Waals surface area (Å²) in [6, 6.07) is 9.28. The summed E-state index contributed by atoms with van der Waals surface area (Å²) in [7, 11) is 7.96. The highest BCUT2D eigenvalue weighted by Gasteiger charge is 2.32. The maximum atomic E-state index is 13.2. The average molecular weight is 415 g/mol. The van der Waals surface area contributed by atoms with Gasteiger partial charge in [0.1, 0.15) is 11.5 Å². The monoisotopic (exact) mass is 415 g/mol. The first-order valence-electron chi connectivity index (χ1n) is 9.86. The third-order valence-electron chi connectivity index (χ3n) is 5.45. The van der Waals surface area contributed by atoms with Crippen LogP contribution >= 0.6 is 0 Å². The molecule has 1 fully saturated rings. The van der Waals surface area contributed by atoms with Crippen LogP contribution in [0.3, 0.4) is 0 Å². The molecule has 1 aliphatic rings. The molecule has 2 aromatic carbocycles. The van der Waals surface area contributed by atoms with Gasteiger partial charge in [-0.2, -0.15) is 0 Å². The van der Waals surface area contributed by atoms with Gasteiger partial charge in [-0.1, -0.05) is 0 Å². The third kappa shape index (κ3) is 4.25. The van der Waals surface area contributed by atoms with Crippen LogP contribution in [0.5, 0.6) is 28.7 Å². The maximum absolute atomic E-state index is 13.2. The summed E-state index contributed by atoms with van der Waals surface area (Å²) >= 11 is 0. The Bertz CT molecular complexity index is 872. The Balaban J connectivity index is 1.87. The Kier molecular flexibility index (Phi) is 6.92. The average Bonchev–Trinajstić information content (AvgIpc) is 3.27. The van der Waals surface area contributed by atoms with E-state index in [9.17, 15) is 4.79 Å². The summed E-state index contributed by atoms with van der Waals surface area (Å²) in [6.07, 6.45) is 2.05. The quantitative estimate of drug-likeness (QED) is 0.656. The largest absolute Gasteiger partial charge is 0.497 e. The fraction of sp³-hybridized carbons (Fsp3) is 0.435. The molecule has 0 spiro atoms. The molecule has 7 nitrogen and oxygen atoms in total. The lowest BCUT2D eigenvalue weighted by Gasteiger charge is -2.27. The molecule has 0 bridgehead atoms. The van der Waals surface area contributed by atoms with Crippen molar-refractivity contribution in [3.05, 3.63) is 41.5 Å². The van der Waals surface area contributed by atoms with E-state index >= 15 is 0 Å². The molecular weight excluding hydrogens is 386 g/mol. The topological polar surface area (TPSA) is 66.5 Å². The van der Waals surface area contributed by atoms with Crippen LogP contribution in [0, 0.1) is 0 Å². The van der Waals surface area contributed by atoms with E-state index < -0.39 is 0 Å². The fourth-order valence-corrected chi connectivity index (χ4v) is 4.00. The summed E-state index contributed by atoms with van der Waals surface area (Å²) < 4.78 is 27.1. The second-order valence-corrected chi connectivity index (χ2v) is 7.06. The van der Waals surface area contributed by atoms with E-state index in [1.807, 2.05) is 35.2 Å². The molecular formula is C23H29NO6. The molecule has 1 aliphatic heterocycles. The van der Waals surface area contributed by atoms with E-state index in [0.29, 0.717) is 23.8 Å². The number of methoxy groups -OCH3 is 5. The first-order valence-corrected chi connectivity index (χ1v) is 9.86. The van der Waals surface area contributed by atoms with Gasteiger partial charge in [0, 0.05) is 12.1 Å². The van der Waals surface area contributed by atoms with Gasteiger partial charge in [0.25, 0.3) is 0 Å². The lowest BCUT2D eigenvalue weighted by atomic mass is 10.0. The predicted molar refractivity (Wildman–Crippen MR) is 113 cm³/mol. The molecule has 2 aromatic rings. The van der Waals surface area contributed by atoms with Crippen molar-refractivity contribution < 1.29 is 28.5 Å². The van der Waals surface area contributed by atoms with Gasteiger partial charge >= 0.3 is 0 Å². The number of likely N-dealkylation sites (tertiary alicyclic amines) is 1. The standard InChI is InChI=1S/C23H29NO6/c1-26-16-8-9-19(27-2)17(14-16)18-7-6-10-24(18)22(25)13-15-11-20(28-3)23(30-5)21(12-15)29-4/h8-9,11-12,14,18H,6-7,10,13H2,1-5H3. The molecule has 162 valence electrons. The number of hydrogen-bond donors (Lipinski definition) is 0. The van der Waals surface area contributed by atoms with Crippen LogP contribution in [0.4, 0.5) is 0 Å². The van der Waals surface area contributed by atoms with Crippen molar-refractivity contribution in [2.75, 3.05) is 42.1 Å². The Hall–Kier alpha value is -3.09. The summed E-state index contributed by atoms with van der Waals surface area (Å²) in [5.41, 5.74) is 1.77. The zero-order chi connectivity index (χ0) is 21.7. The highest BCUT2D eigenvalue weighted by Crippen LogP contribution is 2.41. The van der Waals surface area contributed by atoms with Crippen LogP contribution in [-0.4, -0.2) is 52.9 Å². The Morgan fingerprint density at radius 3 is 2.13 bits per heavy atom. The first kappa shape index (κ1) is 21.6. The molecule has 3 rings (SSSR count). The molecule has 0 N–H and O–H groups in total. The van der Waals surface area contributed by atoms with Crippen molar-refractivity contribution in [3.8, 4) is 28.7 Å². The van der Waals surface area contributed by atoms with Crippen molar-refractivity contribution in [1.82, 2.24) is 4.90 Å². The van der Waals surface area contributed by atoms with E-state index in [2.05, 4.69) is 0 Å². The minimum atomic E-state index is -0.0513. The highest BCUT2D eigenvalue weighted by atomic mass is 16.5. The van der Waals surface area contributed by atoms with Crippen LogP contribution in [0.1, 0.15) is 30.0 Å². The maximum Gasteiger partial charge on any atom is 0.227 e. The van der Waals surface area contributed by atoms with Crippen LogP contribution in [0.15, 0.2) is 30.3 Å². The normalized spacial score (nSPS) is 15.6. The number of carbonyl (C=O) groups excluding carboxylic acids is 1. The SMILES string of the molecule is COc1ccc(OC)c(C2CCCN2C(=O)Cc2cc(OC)c(OC)c(OC)c2)c1. The molecule has 1 unspecified atom stereocenters. The Morgan fingerprint density at radius 1 is 0.900 bits per heavy atom. The van der Waals surface area contributed by atoms with E-state index in [4.69, 9.17) is 23.7 Å². The second kappa shape index (κ2) is 9.61. The van der Waals surface area contributed by atoms with Crippen molar-refractivity contribution in [2.45, 2.75) is 25.3 Å². The second-order valence-electron chi connectivity index (χ2n) is 7.06. The minimum absolute atomic E-state index is 0.0386. The van der Waals surface area contributed by atoms with Crippen LogP contribution in [0.25, 0.3) is 0 Å². The van der Waals surface area contributed by atoms with Gasteiger partial charge in [-0.15, -0.1) is 0 Å². The number of nitrogens with zero attached hydrogens (tertiary/aromatic N) is 1. The number of hydrogen-bond acceptors (Lipinski definition) is 6. The van der Waals surface area contributed by atoms with Crippen molar-refractivity contribution in [2.24, 2.45) is 0 Å². The van der Waals surface area contributed by atoms with Gasteiger partial charge in [0.15, 0.2) is 11.5 Å². The fourth-order valence-electron chi connectivity index (χ4n) is 4.00. The van der Waals surface area contributed by atoms with E-state index in [0.717, 1.165) is 35.5 Å². The van der Waals surface area contributed by atoms with Gasteiger partial charge in [0.05, 0.1) is 48.0 Å². The summed E-state index contributed by atoms with van der Waals surface area (Å²) in [5, 5.41) is 0. The summed E-state index contributed by atoms with van der Waals surface area (Å²) in [6.45, 7) is 0.703. The predicted octanol–water partition coefficient (Wildman–Crippen LogP) is 3.64. The molecule has 1 amide bonds. The molecule has 0 aromatic heterocycles. The number of benzene rings is 2. The van der Waals surface area contributed by atoms with E-state index in [1.54, 1.807) is 35.5 Å². The van der Waals surface area contributed by atoms with Crippen molar-refractivity contribution >= 4 is 5.91 Å². The smallest absolute Gasteiger partial charge is 0.227 e. The molecule has 0 radical (unpaired) electrons. The zero-order valence-corrected chi connectivity index (χ0v) is 18.2. The molecule has 1 heterocycles. The van der Waals surface area contributed by atoms with Gasteiger partial charge in [-0.3, -0.25) is 4.79 Å². The molecule has 1 atom stereocenters. The first-order chi connectivity index (χ1) is 14.6. The minimum Gasteiger partial charge on any atom is -0.497 e. The lowest BCUT2D eigenvalue weighted by Crippen LogP contribution is -2.32. The van der Waals surface area contributed by atoms with E-state index in [1.165, 1.54) is 0 Å². The molecule has 0 aliphatic carbocycles. The zero-order valence-electron chi connectivity index (χ0n) is 18.2. The molecule has 0 saturated carbocycles. The lowest BCUT2D eigenvalue weighted by molar-refractivity contribution is -0.131. The van der Waals surface area contributed by atoms with Gasteiger partial charge in [0.2, 0.25) is 11.7 Å². The summed E-state index contributed by atoms with van der Waals surface area (Å²) in [5.74, 6) is 3.12. The molecule has 30 heavy (non-hydrogen) atoms. The number of rotatable bonds is 8. The van der Waals surface area contributed by atoms with Crippen molar-refractivity contribution in [3.63, 3.8) is 0 Å². The van der Waals surface area contributed by atoms with Crippen molar-refractivity contribution in [1.29, 1.82) is 0 Å².